The zero-order valence-electron chi connectivity index (χ0n) is 16.5. The van der Waals surface area contributed by atoms with Crippen LogP contribution in [0.2, 0.25) is 5.02 Å². The van der Waals surface area contributed by atoms with Crippen molar-refractivity contribution < 1.29 is 23.5 Å². The minimum Gasteiger partial charge on any atom is -0.449 e. The number of esters is 1. The molecule has 0 aliphatic carbocycles. The number of ether oxygens (including phenoxy) is 2. The first-order chi connectivity index (χ1) is 13.9. The Bertz CT molecular complexity index is 1040. The number of para-hydroxylation sites is 1. The highest BCUT2D eigenvalue weighted by Gasteiger charge is 2.26. The van der Waals surface area contributed by atoms with Gasteiger partial charge in [-0.05, 0) is 44.5 Å². The second-order valence-corrected chi connectivity index (χ2v) is 6.90. The summed E-state index contributed by atoms with van der Waals surface area (Å²) in [4.78, 5) is 25.2. The van der Waals surface area contributed by atoms with Gasteiger partial charge >= 0.3 is 5.97 Å². The molecule has 1 N–H and O–H groups in total. The number of fused-ring (bicyclic) bond motifs is 1. The summed E-state index contributed by atoms with van der Waals surface area (Å²) in [5.74, 6) is -1.15. The smallest absolute Gasteiger partial charge is 0.375 e. The average Bonchev–Trinajstić information content (AvgIpc) is 3.08. The Morgan fingerprint density at radius 2 is 1.93 bits per heavy atom. The fraction of sp³-hybridized carbons (Fsp3) is 0.273. The van der Waals surface area contributed by atoms with E-state index in [1.165, 1.54) is 6.92 Å². The molecule has 0 fully saturated rings. The summed E-state index contributed by atoms with van der Waals surface area (Å²) in [7, 11) is 0. The Morgan fingerprint density at radius 3 is 2.69 bits per heavy atom. The molecule has 0 saturated carbocycles. The molecule has 0 spiro atoms. The van der Waals surface area contributed by atoms with Gasteiger partial charge in [0.05, 0.1) is 6.61 Å². The highest BCUT2D eigenvalue weighted by molar-refractivity contribution is 6.31. The van der Waals surface area contributed by atoms with Gasteiger partial charge in [0.2, 0.25) is 5.76 Å². The van der Waals surface area contributed by atoms with Gasteiger partial charge in [0, 0.05) is 28.3 Å². The number of amides is 1. The molecule has 1 atom stereocenters. The maximum atomic E-state index is 12.7. The van der Waals surface area contributed by atoms with Gasteiger partial charge in [0.15, 0.2) is 6.10 Å². The number of carbonyl (C=O) groups excluding carboxylic acids is 2. The summed E-state index contributed by atoms with van der Waals surface area (Å²) >= 11 is 6.08. The SMILES string of the molecule is CCOCc1c(C(=O)O[C@H](C)C(=O)Nc2cccc(Cl)c2C)oc2ccccc12. The average molecular weight is 416 g/mol. The van der Waals surface area contributed by atoms with Gasteiger partial charge in [-0.25, -0.2) is 4.79 Å². The van der Waals surface area contributed by atoms with Crippen molar-refractivity contribution in [3.63, 3.8) is 0 Å². The lowest BCUT2D eigenvalue weighted by atomic mass is 10.1. The van der Waals surface area contributed by atoms with Crippen molar-refractivity contribution in [2.24, 2.45) is 0 Å². The fourth-order valence-electron chi connectivity index (χ4n) is 2.86. The molecule has 3 rings (SSSR count). The third-order valence-corrected chi connectivity index (χ3v) is 4.92. The van der Waals surface area contributed by atoms with E-state index in [9.17, 15) is 9.59 Å². The molecule has 152 valence electrons. The number of rotatable bonds is 7. The Kier molecular flexibility index (Phi) is 6.56. The first-order valence-electron chi connectivity index (χ1n) is 9.27. The predicted molar refractivity (Wildman–Crippen MR) is 111 cm³/mol. The molecular formula is C22H22ClNO5. The second kappa shape index (κ2) is 9.11. The van der Waals surface area contributed by atoms with Crippen molar-refractivity contribution >= 4 is 40.1 Å². The van der Waals surface area contributed by atoms with Crippen LogP contribution in [0.25, 0.3) is 11.0 Å². The van der Waals surface area contributed by atoms with Crippen molar-refractivity contribution in [2.75, 3.05) is 11.9 Å². The summed E-state index contributed by atoms with van der Waals surface area (Å²) in [5, 5.41) is 4.04. The first-order valence-corrected chi connectivity index (χ1v) is 9.65. The molecule has 1 aromatic heterocycles. The molecule has 1 amide bonds. The summed E-state index contributed by atoms with van der Waals surface area (Å²) in [6.07, 6.45) is -1.03. The van der Waals surface area contributed by atoms with Gasteiger partial charge in [-0.2, -0.15) is 0 Å². The van der Waals surface area contributed by atoms with E-state index < -0.39 is 18.0 Å². The predicted octanol–water partition coefficient (Wildman–Crippen LogP) is 5.12. The topological polar surface area (TPSA) is 77.8 Å². The maximum Gasteiger partial charge on any atom is 0.375 e. The number of nitrogens with one attached hydrogen (secondary N) is 1. The lowest BCUT2D eigenvalue weighted by Crippen LogP contribution is -2.30. The molecular weight excluding hydrogens is 394 g/mol. The van der Waals surface area contributed by atoms with Crippen LogP contribution in [0.15, 0.2) is 46.9 Å². The van der Waals surface area contributed by atoms with Gasteiger partial charge in [0.1, 0.15) is 5.58 Å². The summed E-state index contributed by atoms with van der Waals surface area (Å²) in [6.45, 7) is 5.86. The van der Waals surface area contributed by atoms with Gasteiger partial charge < -0.3 is 19.2 Å². The number of benzene rings is 2. The van der Waals surface area contributed by atoms with Crippen LogP contribution in [-0.4, -0.2) is 24.6 Å². The van der Waals surface area contributed by atoms with Gasteiger partial charge in [-0.3, -0.25) is 4.79 Å². The third-order valence-electron chi connectivity index (χ3n) is 4.51. The van der Waals surface area contributed by atoms with Crippen LogP contribution in [0.1, 0.15) is 35.5 Å². The number of hydrogen-bond donors (Lipinski definition) is 1. The Hall–Kier alpha value is -2.83. The van der Waals surface area contributed by atoms with E-state index in [4.69, 9.17) is 25.5 Å². The molecule has 2 aromatic carbocycles. The van der Waals surface area contributed by atoms with E-state index >= 15 is 0 Å². The van der Waals surface area contributed by atoms with Gasteiger partial charge in [-0.1, -0.05) is 35.9 Å². The lowest BCUT2D eigenvalue weighted by Gasteiger charge is -2.15. The first kappa shape index (κ1) is 20.9. The quantitative estimate of drug-likeness (QED) is 0.542. The van der Waals surface area contributed by atoms with E-state index in [-0.39, 0.29) is 12.4 Å². The van der Waals surface area contributed by atoms with E-state index in [0.717, 1.165) is 10.9 Å². The van der Waals surface area contributed by atoms with Crippen molar-refractivity contribution in [2.45, 2.75) is 33.5 Å². The lowest BCUT2D eigenvalue weighted by molar-refractivity contribution is -0.123. The summed E-state index contributed by atoms with van der Waals surface area (Å²) in [6, 6.07) is 12.5. The highest BCUT2D eigenvalue weighted by Crippen LogP contribution is 2.28. The number of anilines is 1. The second-order valence-electron chi connectivity index (χ2n) is 6.49. The highest BCUT2D eigenvalue weighted by atomic mass is 35.5. The van der Waals surface area contributed by atoms with Crippen LogP contribution < -0.4 is 5.32 Å². The molecule has 0 aliphatic heterocycles. The number of carbonyl (C=O) groups is 2. The molecule has 7 heteroatoms. The normalized spacial score (nSPS) is 12.0. The molecule has 1 heterocycles. The van der Waals surface area contributed by atoms with Crippen molar-refractivity contribution in [3.05, 3.63) is 64.4 Å². The third kappa shape index (κ3) is 4.60. The zero-order chi connectivity index (χ0) is 21.0. The van der Waals surface area contributed by atoms with Crippen LogP contribution in [0.5, 0.6) is 0 Å². The van der Waals surface area contributed by atoms with Crippen LogP contribution in [0.3, 0.4) is 0 Å². The van der Waals surface area contributed by atoms with Crippen molar-refractivity contribution in [3.8, 4) is 0 Å². The summed E-state index contributed by atoms with van der Waals surface area (Å²) < 4.78 is 16.5. The molecule has 0 radical (unpaired) electrons. The van der Waals surface area contributed by atoms with Crippen LogP contribution in [0, 0.1) is 6.92 Å². The fourth-order valence-corrected chi connectivity index (χ4v) is 3.03. The maximum absolute atomic E-state index is 12.7. The molecule has 0 aliphatic rings. The molecule has 29 heavy (non-hydrogen) atoms. The van der Waals surface area contributed by atoms with Gasteiger partial charge in [0.25, 0.3) is 5.91 Å². The Balaban J connectivity index is 1.77. The zero-order valence-corrected chi connectivity index (χ0v) is 17.2. The molecule has 0 saturated heterocycles. The number of furan rings is 1. The molecule has 0 unspecified atom stereocenters. The van der Waals surface area contributed by atoms with Crippen LogP contribution >= 0.6 is 11.6 Å². The number of hydrogen-bond acceptors (Lipinski definition) is 5. The van der Waals surface area contributed by atoms with Crippen molar-refractivity contribution in [1.82, 2.24) is 0 Å². The Labute approximate surface area is 173 Å². The van der Waals surface area contributed by atoms with Crippen LogP contribution in [-0.2, 0) is 20.9 Å². The van der Waals surface area contributed by atoms with Gasteiger partial charge in [-0.15, -0.1) is 0 Å². The Morgan fingerprint density at radius 1 is 1.17 bits per heavy atom. The van der Waals surface area contributed by atoms with E-state index in [0.29, 0.717) is 28.5 Å². The standard InChI is InChI=1S/C22H22ClNO5/c1-4-27-12-16-15-8-5-6-11-19(15)29-20(16)22(26)28-14(3)21(25)24-18-10-7-9-17(23)13(18)2/h5-11,14H,4,12H2,1-3H3,(H,24,25)/t14-/m1/s1. The molecule has 6 nitrogen and oxygen atoms in total. The molecule has 0 bridgehead atoms. The minimum absolute atomic E-state index is 0.0400. The summed E-state index contributed by atoms with van der Waals surface area (Å²) in [5.41, 5.74) is 2.45. The van der Waals surface area contributed by atoms with E-state index in [1.54, 1.807) is 31.2 Å². The van der Waals surface area contributed by atoms with Crippen molar-refractivity contribution in [1.29, 1.82) is 0 Å². The largest absolute Gasteiger partial charge is 0.449 e. The molecule has 3 aromatic rings. The van der Waals surface area contributed by atoms with E-state index in [1.807, 2.05) is 25.1 Å². The monoisotopic (exact) mass is 415 g/mol. The van der Waals surface area contributed by atoms with E-state index in [2.05, 4.69) is 5.32 Å². The van der Waals surface area contributed by atoms with Crippen LogP contribution in [0.4, 0.5) is 5.69 Å². The minimum atomic E-state index is -1.03. The number of halogens is 1.